The Labute approximate surface area is 399 Å². The number of hydrogen-bond acceptors (Lipinski definition) is 10. The molecule has 1 radical (unpaired) electrons. The molecule has 1 aliphatic rings. The van der Waals surface area contributed by atoms with Gasteiger partial charge in [-0.05, 0) is 86.5 Å². The van der Waals surface area contributed by atoms with Crippen LogP contribution in [0, 0.1) is 0 Å². The van der Waals surface area contributed by atoms with Gasteiger partial charge in [-0.1, -0.05) is 133 Å². The number of aliphatic hydroxyl groups is 1. The molecule has 0 bridgehead atoms. The quantitative estimate of drug-likeness (QED) is 0.0254. The average Bonchev–Trinajstić information content (AvgIpc) is 3.08. The molecule has 6 atom stereocenters. The van der Waals surface area contributed by atoms with Crippen LogP contribution >= 0.6 is 0 Å². The van der Waals surface area contributed by atoms with Gasteiger partial charge in [0.1, 0.15) is 42.9 Å². The molecule has 0 amide bonds. The van der Waals surface area contributed by atoms with Crippen LogP contribution in [-0.4, -0.2) is 134 Å². The second kappa shape index (κ2) is 27.4. The molecule has 1 aliphatic heterocycles. The monoisotopic (exact) mass is 948 g/mol. The molecule has 11 nitrogen and oxygen atoms in total. The second-order valence-electron chi connectivity index (χ2n) is 21.8. The summed E-state index contributed by atoms with van der Waals surface area (Å²) in [4.78, 5) is 12.6. The van der Waals surface area contributed by atoms with Gasteiger partial charge in [0, 0.05) is 36.0 Å². The van der Waals surface area contributed by atoms with E-state index in [1.165, 1.54) is 44.9 Å². The number of rotatable bonds is 28. The van der Waals surface area contributed by atoms with E-state index in [2.05, 4.69) is 121 Å². The smallest absolute Gasteiger partial charge is 0.305 e. The van der Waals surface area contributed by atoms with E-state index >= 15 is 0 Å². The molecule has 357 valence electrons. The molecule has 61 heavy (non-hydrogen) atoms. The third kappa shape index (κ3) is 23.2. The van der Waals surface area contributed by atoms with E-state index < -0.39 is 77.6 Å². The summed E-state index contributed by atoms with van der Waals surface area (Å²) in [5, 5.41) is 10.3. The zero-order valence-corrected chi connectivity index (χ0v) is 47.9. The Bertz CT molecular complexity index is 1370. The van der Waals surface area contributed by atoms with Crippen LogP contribution in [0.2, 0.25) is 54.4 Å². The Hall–Kier alpha value is 0.531. The summed E-state index contributed by atoms with van der Waals surface area (Å²) in [6.07, 6.45) is 14.0. The number of allylic oxidation sites excluding steroid dienone is 2. The minimum Gasteiger partial charge on any atom is -0.463 e. The van der Waals surface area contributed by atoms with Gasteiger partial charge in [0.05, 0.1) is 6.61 Å². The van der Waals surface area contributed by atoms with E-state index in [0.29, 0.717) is 0 Å². The van der Waals surface area contributed by atoms with Gasteiger partial charge >= 0.3 is 5.97 Å². The fourth-order valence-electron chi connectivity index (χ4n) is 6.16. The maximum absolute atomic E-state index is 12.6. The summed E-state index contributed by atoms with van der Waals surface area (Å²) in [6.45, 7) is 33.4. The van der Waals surface area contributed by atoms with E-state index in [1.54, 1.807) is 0 Å². The number of esters is 1. The largest absolute Gasteiger partial charge is 0.463 e. The Morgan fingerprint density at radius 3 is 1.51 bits per heavy atom. The molecule has 0 saturated carbocycles. The summed E-state index contributed by atoms with van der Waals surface area (Å²) in [5.74, 6) is -1.12. The summed E-state index contributed by atoms with van der Waals surface area (Å²) in [6, 6.07) is 0. The molecule has 16 heteroatoms. The second-order valence-corrected chi connectivity index (χ2v) is 37.6. The van der Waals surface area contributed by atoms with Crippen LogP contribution in [0.4, 0.5) is 0 Å². The SMILES string of the molecule is CCCCCCCC/C=C\CCCCCCCC(=O)OCC(O)CO[C@H]1O[C@H](CS(=O)(=O)O)[C@@H](O[Si](C)(C)C(C)(C)C)[C@H](O[Si](C)(C)C(C)(C)C)[C@H]1O[Si](C)(C)C(C)(C)C.[Na]. The van der Waals surface area contributed by atoms with Gasteiger partial charge in [0.15, 0.2) is 31.2 Å². The number of aliphatic hydroxyl groups excluding tert-OH is 1. The molecule has 1 saturated heterocycles. The third-order valence-corrected chi connectivity index (χ3v) is 27.4. The van der Waals surface area contributed by atoms with Gasteiger partial charge in [-0.25, -0.2) is 0 Å². The summed E-state index contributed by atoms with van der Waals surface area (Å²) >= 11 is 0. The van der Waals surface area contributed by atoms with Crippen molar-refractivity contribution in [2.75, 3.05) is 19.0 Å². The average molecular weight is 949 g/mol. The van der Waals surface area contributed by atoms with Crippen molar-refractivity contribution in [1.29, 1.82) is 0 Å². The van der Waals surface area contributed by atoms with Crippen LogP contribution in [-0.2, 0) is 42.4 Å². The minimum absolute atomic E-state index is 0. The molecule has 0 aromatic rings. The van der Waals surface area contributed by atoms with Crippen molar-refractivity contribution in [1.82, 2.24) is 0 Å². The van der Waals surface area contributed by atoms with Crippen molar-refractivity contribution in [2.24, 2.45) is 0 Å². The van der Waals surface area contributed by atoms with Crippen molar-refractivity contribution in [3.05, 3.63) is 12.2 Å². The molecule has 0 spiro atoms. The number of unbranched alkanes of at least 4 members (excludes halogenated alkanes) is 11. The molecular weight excluding hydrogens is 856 g/mol. The van der Waals surface area contributed by atoms with E-state index in [4.69, 9.17) is 27.5 Å². The first-order valence-electron chi connectivity index (χ1n) is 23.1. The first-order chi connectivity index (χ1) is 27.4. The van der Waals surface area contributed by atoms with Crippen LogP contribution in [0.15, 0.2) is 12.2 Å². The predicted molar refractivity (Wildman–Crippen MR) is 259 cm³/mol. The Balaban J connectivity index is 0.0000360. The van der Waals surface area contributed by atoms with Crippen LogP contribution in [0.5, 0.6) is 0 Å². The van der Waals surface area contributed by atoms with E-state index in [-0.39, 0.29) is 70.3 Å². The number of ether oxygens (including phenoxy) is 3. The molecule has 0 aromatic heterocycles. The molecule has 0 aliphatic carbocycles. The fourth-order valence-corrected chi connectivity index (χ4v) is 10.7. The molecule has 1 unspecified atom stereocenters. The van der Waals surface area contributed by atoms with Gasteiger partial charge in [-0.2, -0.15) is 8.42 Å². The van der Waals surface area contributed by atoms with Crippen LogP contribution in [0.1, 0.15) is 159 Å². The van der Waals surface area contributed by atoms with Crippen molar-refractivity contribution in [2.45, 2.75) is 250 Å². The van der Waals surface area contributed by atoms with Crippen LogP contribution in [0.3, 0.4) is 0 Å². The molecular formula is C45H92NaO11SSi3. The van der Waals surface area contributed by atoms with Crippen LogP contribution in [0.25, 0.3) is 0 Å². The molecule has 1 rings (SSSR count). The Kier molecular flexibility index (Phi) is 27.6. The predicted octanol–water partition coefficient (Wildman–Crippen LogP) is 11.3. The van der Waals surface area contributed by atoms with Gasteiger partial charge in [-0.15, -0.1) is 0 Å². The zero-order chi connectivity index (χ0) is 46.2. The summed E-state index contributed by atoms with van der Waals surface area (Å²) in [5.41, 5.74) is 0. The third-order valence-electron chi connectivity index (χ3n) is 13.2. The summed E-state index contributed by atoms with van der Waals surface area (Å²) < 4.78 is 75.0. The number of carbonyl (C=O) groups excluding carboxylic acids is 1. The van der Waals surface area contributed by atoms with Crippen molar-refractivity contribution in [3.63, 3.8) is 0 Å². The molecule has 1 fully saturated rings. The maximum atomic E-state index is 12.6. The normalized spacial score (nSPS) is 21.7. The van der Waals surface area contributed by atoms with Crippen molar-refractivity contribution in [3.8, 4) is 0 Å². The topological polar surface area (TPSA) is 147 Å². The minimum atomic E-state index is -4.55. The van der Waals surface area contributed by atoms with E-state index in [1.807, 2.05) is 0 Å². The number of carbonyl (C=O) groups is 1. The Morgan fingerprint density at radius 1 is 0.656 bits per heavy atom. The van der Waals surface area contributed by atoms with E-state index in [9.17, 15) is 22.9 Å². The van der Waals surface area contributed by atoms with Crippen molar-refractivity contribution >= 4 is 70.6 Å². The summed E-state index contributed by atoms with van der Waals surface area (Å²) in [7, 11) is -12.3. The van der Waals surface area contributed by atoms with Gasteiger partial charge in [-0.3, -0.25) is 9.35 Å². The molecule has 1 heterocycles. The standard InChI is InChI=1S/C45H92O11SSi3.Na/c1-17-18-19-20-21-22-23-24-25-26-27-28-29-30-31-32-38(47)51-33-36(46)34-52-42-41(56-60(15,16)45(8,9)10)40(55-59(13,14)44(5,6)7)39(37(53-42)35-57(48,49)50)54-58(11,12)43(2,3)4;/h24-25,36-37,39-42,46H,17-23,26-35H2,1-16H3,(H,48,49,50);/b25-24-;/t36?,37-,39-,40+,41-,42+;/m1./s1. The number of hydrogen-bond donors (Lipinski definition) is 2. The zero-order valence-electron chi connectivity index (χ0n) is 42.1. The Morgan fingerprint density at radius 2 is 1.07 bits per heavy atom. The van der Waals surface area contributed by atoms with Gasteiger partial charge < -0.3 is 32.6 Å². The molecule has 2 N–H and O–H groups in total. The first-order valence-corrected chi connectivity index (χ1v) is 33.4. The van der Waals surface area contributed by atoms with Crippen molar-refractivity contribution < 1.29 is 50.4 Å². The van der Waals surface area contributed by atoms with E-state index in [0.717, 1.165) is 38.5 Å². The van der Waals surface area contributed by atoms with Crippen LogP contribution < -0.4 is 0 Å². The maximum Gasteiger partial charge on any atom is 0.305 e. The van der Waals surface area contributed by atoms with Gasteiger partial charge in [0.2, 0.25) is 0 Å². The first kappa shape index (κ1) is 61.5. The fraction of sp³-hybridized carbons (Fsp3) is 0.933. The van der Waals surface area contributed by atoms with Gasteiger partial charge in [0.25, 0.3) is 10.1 Å². The molecule has 0 aromatic carbocycles.